The van der Waals surface area contributed by atoms with Gasteiger partial charge in [-0.15, -0.1) is 0 Å². The van der Waals surface area contributed by atoms with Gasteiger partial charge in [0.05, 0.1) is 5.56 Å². The lowest BCUT2D eigenvalue weighted by Crippen LogP contribution is -2.45. The smallest absolute Gasteiger partial charge is 0.267 e. The Bertz CT molecular complexity index is 482. The van der Waals surface area contributed by atoms with Crippen LogP contribution >= 0.6 is 0 Å². The van der Waals surface area contributed by atoms with E-state index in [-0.39, 0.29) is 5.91 Å². The average molecular weight is 274 g/mol. The predicted octanol–water partition coefficient (Wildman–Crippen LogP) is 1.88. The zero-order chi connectivity index (χ0) is 14.4. The van der Waals surface area contributed by atoms with E-state index < -0.39 is 0 Å². The summed E-state index contributed by atoms with van der Waals surface area (Å²) < 4.78 is 0. The quantitative estimate of drug-likeness (QED) is 0.861. The maximum absolute atomic E-state index is 12.0. The highest BCUT2D eigenvalue weighted by Gasteiger charge is 2.20. The molecule has 0 radical (unpaired) electrons. The molecular formula is C15H22N4O. The van der Waals surface area contributed by atoms with Crippen LogP contribution in [0.25, 0.3) is 0 Å². The van der Waals surface area contributed by atoms with Crippen molar-refractivity contribution in [3.63, 3.8) is 0 Å². The number of nitrogens with one attached hydrogen (secondary N) is 2. The average Bonchev–Trinajstić information content (AvgIpc) is 2.98. The van der Waals surface area contributed by atoms with E-state index in [9.17, 15) is 4.79 Å². The fraction of sp³-hybridized carbons (Fsp3) is 0.600. The number of aromatic nitrogens is 1. The number of amides is 1. The van der Waals surface area contributed by atoms with Crippen molar-refractivity contribution in [3.05, 3.63) is 23.5 Å². The van der Waals surface area contributed by atoms with E-state index in [0.717, 1.165) is 19.5 Å². The van der Waals surface area contributed by atoms with Crippen molar-refractivity contribution in [1.29, 1.82) is 5.26 Å². The summed E-state index contributed by atoms with van der Waals surface area (Å²) >= 11 is 0. The lowest BCUT2D eigenvalue weighted by Gasteiger charge is -2.34. The standard InChI is InChI=1S/C15H22N4O/c1-2-13(19-6-4-3-5-7-19)11-18-15(20)14-8-12(9-16)10-17-14/h8,10,13,17H,2-7,11H2,1H3,(H,18,20). The second kappa shape index (κ2) is 7.11. The summed E-state index contributed by atoms with van der Waals surface area (Å²) in [4.78, 5) is 17.3. The van der Waals surface area contributed by atoms with Crippen LogP contribution in [0.4, 0.5) is 0 Å². The first-order chi connectivity index (χ1) is 9.74. The van der Waals surface area contributed by atoms with E-state index in [1.165, 1.54) is 19.3 Å². The SMILES string of the molecule is CCC(CNC(=O)c1cc(C#N)c[nH]1)N1CCCCC1. The number of hydrogen-bond donors (Lipinski definition) is 2. The fourth-order valence-electron chi connectivity index (χ4n) is 2.71. The molecule has 0 aromatic carbocycles. The van der Waals surface area contributed by atoms with Crippen molar-refractivity contribution in [2.24, 2.45) is 0 Å². The number of rotatable bonds is 5. The van der Waals surface area contributed by atoms with Crippen LogP contribution in [0.5, 0.6) is 0 Å². The largest absolute Gasteiger partial charge is 0.356 e. The van der Waals surface area contributed by atoms with Gasteiger partial charge in [0.15, 0.2) is 0 Å². The Labute approximate surface area is 120 Å². The molecule has 1 amide bonds. The molecule has 0 spiro atoms. The van der Waals surface area contributed by atoms with E-state index in [0.29, 0.717) is 23.8 Å². The minimum Gasteiger partial charge on any atom is -0.356 e. The third-order valence-corrected chi connectivity index (χ3v) is 3.93. The molecule has 1 fully saturated rings. The Morgan fingerprint density at radius 3 is 2.85 bits per heavy atom. The molecule has 1 aromatic rings. The molecule has 108 valence electrons. The second-order valence-corrected chi connectivity index (χ2v) is 5.28. The Morgan fingerprint density at radius 1 is 1.50 bits per heavy atom. The van der Waals surface area contributed by atoms with Crippen molar-refractivity contribution in [1.82, 2.24) is 15.2 Å². The molecule has 2 heterocycles. The summed E-state index contributed by atoms with van der Waals surface area (Å²) in [7, 11) is 0. The lowest BCUT2D eigenvalue weighted by molar-refractivity contribution is 0.0918. The first-order valence-corrected chi connectivity index (χ1v) is 7.35. The van der Waals surface area contributed by atoms with Gasteiger partial charge in [-0.3, -0.25) is 9.69 Å². The summed E-state index contributed by atoms with van der Waals surface area (Å²) in [5.41, 5.74) is 0.938. The van der Waals surface area contributed by atoms with E-state index in [1.54, 1.807) is 12.3 Å². The summed E-state index contributed by atoms with van der Waals surface area (Å²) in [5.74, 6) is -0.137. The lowest BCUT2D eigenvalue weighted by atomic mass is 10.1. The van der Waals surface area contributed by atoms with Crippen LogP contribution in [0, 0.1) is 11.3 Å². The highest BCUT2D eigenvalue weighted by atomic mass is 16.1. The van der Waals surface area contributed by atoms with Crippen LogP contribution in [0.2, 0.25) is 0 Å². The normalized spacial score (nSPS) is 17.4. The van der Waals surface area contributed by atoms with Gasteiger partial charge >= 0.3 is 0 Å². The number of H-pyrrole nitrogens is 1. The molecule has 2 rings (SSSR count). The molecule has 1 atom stereocenters. The molecule has 5 nitrogen and oxygen atoms in total. The minimum absolute atomic E-state index is 0.137. The summed E-state index contributed by atoms with van der Waals surface area (Å²) in [6.07, 6.45) is 6.42. The number of nitrogens with zero attached hydrogens (tertiary/aromatic N) is 2. The van der Waals surface area contributed by atoms with Crippen LogP contribution in [0.15, 0.2) is 12.3 Å². The Kier molecular flexibility index (Phi) is 5.19. The van der Waals surface area contributed by atoms with Crippen molar-refractivity contribution in [2.45, 2.75) is 38.6 Å². The van der Waals surface area contributed by atoms with E-state index >= 15 is 0 Å². The molecule has 0 bridgehead atoms. The molecular weight excluding hydrogens is 252 g/mol. The zero-order valence-electron chi connectivity index (χ0n) is 12.0. The van der Waals surface area contributed by atoms with Gasteiger partial charge < -0.3 is 10.3 Å². The summed E-state index contributed by atoms with van der Waals surface area (Å²) in [6, 6.07) is 4.00. The third-order valence-electron chi connectivity index (χ3n) is 3.93. The first kappa shape index (κ1) is 14.6. The first-order valence-electron chi connectivity index (χ1n) is 7.35. The van der Waals surface area contributed by atoms with Gasteiger partial charge in [-0.1, -0.05) is 13.3 Å². The number of nitriles is 1. The number of piperidine rings is 1. The topological polar surface area (TPSA) is 71.9 Å². The van der Waals surface area contributed by atoms with Gasteiger partial charge in [0.25, 0.3) is 5.91 Å². The molecule has 1 aromatic heterocycles. The summed E-state index contributed by atoms with van der Waals surface area (Å²) in [6.45, 7) is 5.09. The van der Waals surface area contributed by atoms with Crippen LogP contribution in [0.3, 0.4) is 0 Å². The Hall–Kier alpha value is -1.80. The molecule has 5 heteroatoms. The van der Waals surface area contributed by atoms with Gasteiger partial charge in [0, 0.05) is 18.8 Å². The second-order valence-electron chi connectivity index (χ2n) is 5.28. The Balaban J connectivity index is 1.86. The maximum Gasteiger partial charge on any atom is 0.267 e. The monoisotopic (exact) mass is 274 g/mol. The molecule has 20 heavy (non-hydrogen) atoms. The number of aromatic amines is 1. The molecule has 1 unspecified atom stereocenters. The predicted molar refractivity (Wildman–Crippen MR) is 77.3 cm³/mol. The minimum atomic E-state index is -0.137. The van der Waals surface area contributed by atoms with Crippen LogP contribution in [0.1, 0.15) is 48.7 Å². The highest BCUT2D eigenvalue weighted by molar-refractivity contribution is 5.92. The molecule has 0 aliphatic carbocycles. The van der Waals surface area contributed by atoms with Gasteiger partial charge in [-0.05, 0) is 38.4 Å². The van der Waals surface area contributed by atoms with E-state index in [1.807, 2.05) is 6.07 Å². The van der Waals surface area contributed by atoms with Crippen LogP contribution in [-0.2, 0) is 0 Å². The molecule has 1 aliphatic rings. The van der Waals surface area contributed by atoms with Crippen LogP contribution in [-0.4, -0.2) is 41.5 Å². The Morgan fingerprint density at radius 2 is 2.25 bits per heavy atom. The van der Waals surface area contributed by atoms with Gasteiger partial charge in [-0.2, -0.15) is 5.26 Å². The van der Waals surface area contributed by atoms with Gasteiger partial charge in [-0.25, -0.2) is 0 Å². The zero-order valence-corrected chi connectivity index (χ0v) is 12.0. The van der Waals surface area contributed by atoms with Gasteiger partial charge in [0.2, 0.25) is 0 Å². The molecule has 0 saturated carbocycles. The van der Waals surface area contributed by atoms with Crippen LogP contribution < -0.4 is 5.32 Å². The van der Waals surface area contributed by atoms with Crippen molar-refractivity contribution < 1.29 is 4.79 Å². The number of likely N-dealkylation sites (tertiary alicyclic amines) is 1. The van der Waals surface area contributed by atoms with E-state index in [4.69, 9.17) is 5.26 Å². The van der Waals surface area contributed by atoms with Crippen molar-refractivity contribution in [2.75, 3.05) is 19.6 Å². The number of hydrogen-bond acceptors (Lipinski definition) is 3. The van der Waals surface area contributed by atoms with Gasteiger partial charge in [0.1, 0.15) is 11.8 Å². The third kappa shape index (κ3) is 3.61. The highest BCUT2D eigenvalue weighted by Crippen LogP contribution is 2.13. The molecule has 1 saturated heterocycles. The fourth-order valence-corrected chi connectivity index (χ4v) is 2.71. The van der Waals surface area contributed by atoms with E-state index in [2.05, 4.69) is 22.1 Å². The van der Waals surface area contributed by atoms with Crippen molar-refractivity contribution >= 4 is 5.91 Å². The number of carbonyl (C=O) groups is 1. The van der Waals surface area contributed by atoms with Crippen molar-refractivity contribution in [3.8, 4) is 6.07 Å². The molecule has 2 N–H and O–H groups in total. The maximum atomic E-state index is 12.0. The number of carbonyl (C=O) groups excluding carboxylic acids is 1. The summed E-state index contributed by atoms with van der Waals surface area (Å²) in [5, 5.41) is 11.7. The molecule has 1 aliphatic heterocycles.